The van der Waals surface area contributed by atoms with Gasteiger partial charge in [0.2, 0.25) is 0 Å². The second-order valence-electron chi connectivity index (χ2n) is 2.54. The number of hydrogen-bond acceptors (Lipinski definition) is 0. The molecule has 0 rings (SSSR count). The van der Waals surface area contributed by atoms with Gasteiger partial charge < -0.3 is 0 Å². The summed E-state index contributed by atoms with van der Waals surface area (Å²) < 4.78 is 0.903. The molecule has 0 fully saturated rings. The Balaban J connectivity index is 2.68. The van der Waals surface area contributed by atoms with Crippen LogP contribution in [0.3, 0.4) is 0 Å². The topological polar surface area (TPSA) is 0 Å². The van der Waals surface area contributed by atoms with Crippen LogP contribution in [0.1, 0.15) is 33.1 Å². The molecule has 0 radical (unpaired) electrons. The molecule has 0 heterocycles. The van der Waals surface area contributed by atoms with Gasteiger partial charge in [-0.25, -0.2) is 0 Å². The van der Waals surface area contributed by atoms with Gasteiger partial charge in [0.25, 0.3) is 0 Å². The van der Waals surface area contributed by atoms with E-state index in [2.05, 4.69) is 31.6 Å². The van der Waals surface area contributed by atoms with Crippen molar-refractivity contribution in [2.45, 2.75) is 37.7 Å². The van der Waals surface area contributed by atoms with E-state index in [4.69, 9.17) is 0 Å². The Kier molecular flexibility index (Phi) is 5.15. The van der Waals surface area contributed by atoms with Gasteiger partial charge in [0.15, 0.2) is 0 Å². The maximum absolute atomic E-state index is 2.27. The summed E-state index contributed by atoms with van der Waals surface area (Å²) in [5.74, 6) is 0. The molecule has 0 bridgehead atoms. The molecule has 0 aromatic heterocycles. The maximum atomic E-state index is 2.27. The summed E-state index contributed by atoms with van der Waals surface area (Å²) in [6, 6.07) is 0. The van der Waals surface area contributed by atoms with Crippen molar-refractivity contribution < 1.29 is 0 Å². The number of rotatable bonds is 3. The fraction of sp³-hybridized carbons (Fsp3) is 1.00. The van der Waals surface area contributed by atoms with Crippen molar-refractivity contribution in [1.82, 2.24) is 0 Å². The third-order valence-corrected chi connectivity index (χ3v) is 1.14. The first-order valence-electron chi connectivity index (χ1n) is 3.27. The van der Waals surface area contributed by atoms with Crippen LogP contribution in [0.5, 0.6) is 0 Å². The molecule has 0 spiro atoms. The van der Waals surface area contributed by atoms with E-state index in [0.29, 0.717) is 0 Å². The van der Waals surface area contributed by atoms with E-state index in [9.17, 15) is 0 Å². The van der Waals surface area contributed by atoms with E-state index in [1.165, 1.54) is 19.3 Å². The van der Waals surface area contributed by atoms with Crippen LogP contribution in [-0.2, 0) is 0 Å². The zero-order chi connectivity index (χ0) is 5.70. The van der Waals surface area contributed by atoms with E-state index < -0.39 is 0 Å². The van der Waals surface area contributed by atoms with E-state index in [1.54, 1.807) is 0 Å². The molecule has 0 aliphatic heterocycles. The molecule has 0 amide bonds. The summed E-state index contributed by atoms with van der Waals surface area (Å²) in [5, 5.41) is 0. The van der Waals surface area contributed by atoms with Crippen molar-refractivity contribution in [3.8, 4) is 0 Å². The van der Waals surface area contributed by atoms with Crippen LogP contribution in [0.4, 0.5) is 0 Å². The van der Waals surface area contributed by atoms with Crippen LogP contribution < -0.4 is 0 Å². The summed E-state index contributed by atoms with van der Waals surface area (Å²) in [5.41, 5.74) is 0. The quantitative estimate of drug-likeness (QED) is 0.468. The average Bonchev–Trinajstić information content (AvgIpc) is 1.61. The van der Waals surface area contributed by atoms with Gasteiger partial charge in [0.05, 0.1) is 0 Å². The van der Waals surface area contributed by atoms with Crippen molar-refractivity contribution >= 4 is 17.7 Å². The van der Waals surface area contributed by atoms with Gasteiger partial charge in [-0.15, -0.1) is 0 Å². The third kappa shape index (κ3) is 6.60. The van der Waals surface area contributed by atoms with Crippen molar-refractivity contribution in [2.75, 3.05) is 0 Å². The Morgan fingerprint density at radius 1 is 1.57 bits per heavy atom. The molecule has 7 heavy (non-hydrogen) atoms. The second kappa shape index (κ2) is 4.75. The second-order valence-corrected chi connectivity index (χ2v) is 2.54. The summed E-state index contributed by atoms with van der Waals surface area (Å²) >= 11 is 2.27. The van der Waals surface area contributed by atoms with Crippen molar-refractivity contribution in [3.63, 3.8) is 0 Å². The summed E-state index contributed by atoms with van der Waals surface area (Å²) in [4.78, 5) is 0. The zero-order valence-electron chi connectivity index (χ0n) is 5.70. The first-order chi connectivity index (χ1) is 3.27. The summed E-state index contributed by atoms with van der Waals surface area (Å²) in [6.07, 6.45) is 4.15. The Morgan fingerprint density at radius 2 is 2.14 bits per heavy atom. The normalized spacial score (nSPS) is 14.3. The van der Waals surface area contributed by atoms with Crippen LogP contribution in [-0.4, -0.2) is 17.7 Å². The van der Waals surface area contributed by atoms with Crippen LogP contribution in [0, 0.1) is 0 Å². The molecule has 0 N–H and O–H groups in total. The average molecular weight is 92.1 g/mol. The molecular weight excluding hydrogens is 79.0 g/mol. The van der Waals surface area contributed by atoms with E-state index in [1.807, 2.05) is 0 Å². The van der Waals surface area contributed by atoms with Gasteiger partial charge in [0, 0.05) is 0 Å². The molecular formula is C6H13Li. The molecule has 0 aromatic carbocycles. The van der Waals surface area contributed by atoms with E-state index in [0.717, 1.165) is 4.59 Å². The fourth-order valence-electron chi connectivity index (χ4n) is 0.612. The molecule has 0 aromatic rings. The molecule has 0 saturated heterocycles. The minimum absolute atomic E-state index is 0.903. The van der Waals surface area contributed by atoms with Gasteiger partial charge >= 0.3 is 55.4 Å². The predicted molar refractivity (Wildman–Crippen MR) is 34.7 cm³/mol. The monoisotopic (exact) mass is 92.1 g/mol. The summed E-state index contributed by atoms with van der Waals surface area (Å²) in [6.45, 7) is 4.51. The van der Waals surface area contributed by atoms with Gasteiger partial charge in [0.1, 0.15) is 0 Å². The van der Waals surface area contributed by atoms with Gasteiger partial charge in [-0.1, -0.05) is 0 Å². The van der Waals surface area contributed by atoms with Crippen molar-refractivity contribution in [2.24, 2.45) is 0 Å². The molecule has 0 saturated carbocycles. The number of hydrogen-bond donors (Lipinski definition) is 0. The Bertz CT molecular complexity index is 33.2. The van der Waals surface area contributed by atoms with E-state index in [-0.39, 0.29) is 0 Å². The summed E-state index contributed by atoms with van der Waals surface area (Å²) in [7, 11) is 0. The van der Waals surface area contributed by atoms with Gasteiger partial charge in [-0.2, -0.15) is 0 Å². The number of unbranched alkanes of at least 4 members (excludes halogenated alkanes) is 1. The standard InChI is InChI=1S/C6H13.Li/c1-3-5-6-4-2;/h3H,4-6H2,1-2H3;. The van der Waals surface area contributed by atoms with Crippen LogP contribution in [0.25, 0.3) is 0 Å². The molecule has 1 unspecified atom stereocenters. The molecule has 1 atom stereocenters. The zero-order valence-corrected chi connectivity index (χ0v) is 5.70. The SMILES string of the molecule is [Li][CH](C)CCCC. The molecule has 0 aliphatic rings. The van der Waals surface area contributed by atoms with Crippen LogP contribution >= 0.6 is 0 Å². The first kappa shape index (κ1) is 7.60. The first-order valence-corrected chi connectivity index (χ1v) is 3.27. The predicted octanol–water partition coefficient (Wildman–Crippen LogP) is 2.15. The molecule has 38 valence electrons. The minimum atomic E-state index is 0.903. The van der Waals surface area contributed by atoms with Crippen LogP contribution in [0.2, 0.25) is 4.59 Å². The molecule has 0 aliphatic carbocycles. The van der Waals surface area contributed by atoms with Crippen molar-refractivity contribution in [1.29, 1.82) is 0 Å². The van der Waals surface area contributed by atoms with E-state index >= 15 is 0 Å². The fourth-order valence-corrected chi connectivity index (χ4v) is 0.612. The Morgan fingerprint density at radius 3 is 2.29 bits per heavy atom. The Labute approximate surface area is 55.9 Å². The molecule has 1 heteroatoms. The van der Waals surface area contributed by atoms with Gasteiger partial charge in [-0.3, -0.25) is 0 Å². The van der Waals surface area contributed by atoms with Crippen molar-refractivity contribution in [3.05, 3.63) is 0 Å². The third-order valence-electron chi connectivity index (χ3n) is 1.14. The van der Waals surface area contributed by atoms with Crippen LogP contribution in [0.15, 0.2) is 0 Å². The molecule has 0 nitrogen and oxygen atoms in total. The Hall–Kier alpha value is 0.597. The van der Waals surface area contributed by atoms with Gasteiger partial charge in [-0.05, 0) is 0 Å².